The van der Waals surface area contributed by atoms with Gasteiger partial charge in [-0.1, -0.05) is 18.5 Å². The van der Waals surface area contributed by atoms with Crippen LogP contribution in [0.25, 0.3) is 0 Å². The van der Waals surface area contributed by atoms with Gasteiger partial charge in [0.2, 0.25) is 0 Å². The predicted molar refractivity (Wildman–Crippen MR) is 64.1 cm³/mol. The Balaban J connectivity index is 3.60. The van der Waals surface area contributed by atoms with Crippen molar-refractivity contribution in [1.29, 1.82) is 0 Å². The molecule has 3 nitrogen and oxygen atoms in total. The summed E-state index contributed by atoms with van der Waals surface area (Å²) < 4.78 is 10.2. The Kier molecular flexibility index (Phi) is 4.44. The lowest BCUT2D eigenvalue weighted by Crippen LogP contribution is -2.03. The molecule has 0 amide bonds. The quantitative estimate of drug-likeness (QED) is 0.782. The van der Waals surface area contributed by atoms with Crippen LogP contribution >= 0.6 is 23.2 Å². The minimum atomic E-state index is -0.647. The first-order chi connectivity index (χ1) is 7.56. The molecule has 1 rings (SSSR count). The van der Waals surface area contributed by atoms with Gasteiger partial charge < -0.3 is 9.47 Å². The number of carbonyl (C=O) groups is 1. The second kappa shape index (κ2) is 5.41. The van der Waals surface area contributed by atoms with Crippen molar-refractivity contribution in [2.45, 2.75) is 13.3 Å². The van der Waals surface area contributed by atoms with Crippen LogP contribution in [0.4, 0.5) is 0 Å². The molecular weight excluding hydrogens is 251 g/mol. The van der Waals surface area contributed by atoms with E-state index in [1.54, 1.807) is 6.07 Å². The van der Waals surface area contributed by atoms with Gasteiger partial charge >= 0.3 is 0 Å². The molecule has 16 heavy (non-hydrogen) atoms. The number of methoxy groups -OCH3 is 2. The molecule has 0 spiro atoms. The third kappa shape index (κ3) is 2.25. The van der Waals surface area contributed by atoms with Crippen molar-refractivity contribution in [2.24, 2.45) is 0 Å². The van der Waals surface area contributed by atoms with Crippen LogP contribution in [0, 0.1) is 0 Å². The van der Waals surface area contributed by atoms with Crippen molar-refractivity contribution >= 4 is 28.4 Å². The van der Waals surface area contributed by atoms with Crippen molar-refractivity contribution in [3.63, 3.8) is 0 Å². The number of carbonyl (C=O) groups excluding carboxylic acids is 1. The van der Waals surface area contributed by atoms with Gasteiger partial charge in [0.25, 0.3) is 5.24 Å². The first kappa shape index (κ1) is 13.1. The second-order valence-corrected chi connectivity index (χ2v) is 3.84. The Morgan fingerprint density at radius 3 is 2.25 bits per heavy atom. The molecule has 1 aromatic rings. The maximum atomic E-state index is 11.4. The van der Waals surface area contributed by atoms with E-state index in [-0.39, 0.29) is 11.3 Å². The van der Waals surface area contributed by atoms with Gasteiger partial charge in [-0.2, -0.15) is 0 Å². The van der Waals surface area contributed by atoms with Crippen LogP contribution in [0.5, 0.6) is 11.5 Å². The van der Waals surface area contributed by atoms with E-state index in [4.69, 9.17) is 32.7 Å². The molecule has 0 aliphatic rings. The summed E-state index contributed by atoms with van der Waals surface area (Å²) in [5, 5.41) is -0.296. The van der Waals surface area contributed by atoms with Crippen LogP contribution in [0.1, 0.15) is 22.8 Å². The van der Waals surface area contributed by atoms with E-state index in [9.17, 15) is 4.79 Å². The summed E-state index contributed by atoms with van der Waals surface area (Å²) >= 11 is 11.5. The van der Waals surface area contributed by atoms with Gasteiger partial charge in [0.15, 0.2) is 5.75 Å². The molecular formula is C11H12Cl2O3. The summed E-state index contributed by atoms with van der Waals surface area (Å²) in [6.45, 7) is 1.93. The van der Waals surface area contributed by atoms with Gasteiger partial charge in [-0.25, -0.2) is 0 Å². The Morgan fingerprint density at radius 1 is 1.31 bits per heavy atom. The molecule has 5 heteroatoms. The van der Waals surface area contributed by atoms with Gasteiger partial charge in [0.1, 0.15) is 11.3 Å². The smallest absolute Gasteiger partial charge is 0.259 e. The highest BCUT2D eigenvalue weighted by Crippen LogP contribution is 2.39. The van der Waals surface area contributed by atoms with Crippen molar-refractivity contribution in [3.8, 4) is 11.5 Å². The zero-order valence-corrected chi connectivity index (χ0v) is 10.8. The normalized spacial score (nSPS) is 10.1. The van der Waals surface area contributed by atoms with E-state index in [2.05, 4.69) is 0 Å². The molecule has 0 bridgehead atoms. The standard InChI is InChI=1S/C11H12Cl2O3/c1-4-6-5-7(12)10(16-3)8(11(13)14)9(6)15-2/h5H,4H2,1-3H3. The van der Waals surface area contributed by atoms with Crippen LogP contribution in [0.2, 0.25) is 5.02 Å². The zero-order chi connectivity index (χ0) is 12.3. The maximum absolute atomic E-state index is 11.4. The molecule has 88 valence electrons. The SMILES string of the molecule is CCc1cc(Cl)c(OC)c(C(=O)Cl)c1OC. The summed E-state index contributed by atoms with van der Waals surface area (Å²) in [7, 11) is 2.90. The number of hydrogen-bond acceptors (Lipinski definition) is 3. The molecule has 0 radical (unpaired) electrons. The molecule has 0 saturated heterocycles. The monoisotopic (exact) mass is 262 g/mol. The number of aryl methyl sites for hydroxylation is 1. The third-order valence-electron chi connectivity index (χ3n) is 2.25. The molecule has 0 unspecified atom stereocenters. The van der Waals surface area contributed by atoms with Gasteiger partial charge in [-0.15, -0.1) is 0 Å². The van der Waals surface area contributed by atoms with Crippen LogP contribution in [-0.2, 0) is 6.42 Å². The van der Waals surface area contributed by atoms with Crippen molar-refractivity contribution in [2.75, 3.05) is 14.2 Å². The highest BCUT2D eigenvalue weighted by molar-refractivity contribution is 6.68. The van der Waals surface area contributed by atoms with Crippen LogP contribution in [-0.4, -0.2) is 19.5 Å². The molecule has 0 N–H and O–H groups in total. The molecule has 0 aliphatic heterocycles. The van der Waals surface area contributed by atoms with Crippen LogP contribution in [0.3, 0.4) is 0 Å². The highest BCUT2D eigenvalue weighted by atomic mass is 35.5. The lowest BCUT2D eigenvalue weighted by molar-refractivity contribution is 0.107. The number of benzene rings is 1. The predicted octanol–water partition coefficient (Wildman–Crippen LogP) is 3.30. The van der Waals surface area contributed by atoms with E-state index >= 15 is 0 Å². The summed E-state index contributed by atoms with van der Waals surface area (Å²) in [6.07, 6.45) is 0.685. The average molecular weight is 263 g/mol. The van der Waals surface area contributed by atoms with E-state index < -0.39 is 5.24 Å². The fraction of sp³-hybridized carbons (Fsp3) is 0.364. The topological polar surface area (TPSA) is 35.5 Å². The third-order valence-corrected chi connectivity index (χ3v) is 2.72. The Hall–Kier alpha value is -0.930. The van der Waals surface area contributed by atoms with E-state index in [0.717, 1.165) is 5.56 Å². The summed E-state index contributed by atoms with van der Waals surface area (Å²) in [4.78, 5) is 11.4. The van der Waals surface area contributed by atoms with E-state index in [0.29, 0.717) is 17.2 Å². The fourth-order valence-corrected chi connectivity index (χ4v) is 2.02. The number of ether oxygens (including phenoxy) is 2. The second-order valence-electron chi connectivity index (χ2n) is 3.09. The Labute approximate surface area is 104 Å². The minimum Gasteiger partial charge on any atom is -0.496 e. The average Bonchev–Trinajstić information content (AvgIpc) is 2.27. The van der Waals surface area contributed by atoms with Crippen LogP contribution in [0.15, 0.2) is 6.07 Å². The first-order valence-corrected chi connectivity index (χ1v) is 5.45. The molecule has 0 fully saturated rings. The van der Waals surface area contributed by atoms with Gasteiger partial charge in [0.05, 0.1) is 19.2 Å². The molecule has 0 aliphatic carbocycles. The van der Waals surface area contributed by atoms with E-state index in [1.165, 1.54) is 14.2 Å². The zero-order valence-electron chi connectivity index (χ0n) is 9.27. The minimum absolute atomic E-state index is 0.177. The first-order valence-electron chi connectivity index (χ1n) is 4.69. The van der Waals surface area contributed by atoms with Crippen molar-refractivity contribution in [3.05, 3.63) is 22.2 Å². The van der Waals surface area contributed by atoms with Crippen molar-refractivity contribution in [1.82, 2.24) is 0 Å². The molecule has 0 aromatic heterocycles. The number of rotatable bonds is 4. The lowest BCUT2D eigenvalue weighted by Gasteiger charge is -2.15. The highest BCUT2D eigenvalue weighted by Gasteiger charge is 2.22. The van der Waals surface area contributed by atoms with E-state index in [1.807, 2.05) is 6.92 Å². The van der Waals surface area contributed by atoms with Gasteiger partial charge in [0, 0.05) is 0 Å². The molecule has 0 heterocycles. The Morgan fingerprint density at radius 2 is 1.88 bits per heavy atom. The molecule has 1 aromatic carbocycles. The summed E-state index contributed by atoms with van der Waals surface area (Å²) in [5.74, 6) is 0.666. The largest absolute Gasteiger partial charge is 0.496 e. The van der Waals surface area contributed by atoms with Gasteiger partial charge in [-0.3, -0.25) is 4.79 Å². The fourth-order valence-electron chi connectivity index (χ4n) is 1.54. The summed E-state index contributed by atoms with van der Waals surface area (Å²) in [6, 6.07) is 1.71. The van der Waals surface area contributed by atoms with Gasteiger partial charge in [-0.05, 0) is 29.7 Å². The summed E-state index contributed by atoms with van der Waals surface area (Å²) in [5.41, 5.74) is 0.994. The van der Waals surface area contributed by atoms with Crippen molar-refractivity contribution < 1.29 is 14.3 Å². The number of hydrogen-bond donors (Lipinski definition) is 0. The maximum Gasteiger partial charge on any atom is 0.259 e. The Bertz CT molecular complexity index is 416. The van der Waals surface area contributed by atoms with Crippen LogP contribution < -0.4 is 9.47 Å². The number of halogens is 2. The lowest BCUT2D eigenvalue weighted by atomic mass is 10.1. The molecule has 0 atom stereocenters. The molecule has 0 saturated carbocycles.